The average Bonchev–Trinajstić information content (AvgIpc) is 2.24. The van der Waals surface area contributed by atoms with E-state index in [0.717, 1.165) is 11.8 Å². The van der Waals surface area contributed by atoms with E-state index in [4.69, 9.17) is 4.74 Å². The molecule has 1 aromatic carbocycles. The van der Waals surface area contributed by atoms with Gasteiger partial charge in [0.1, 0.15) is 0 Å². The molecule has 0 spiro atoms. The molecule has 0 N–H and O–H groups in total. The number of methoxy groups -OCH3 is 1. The standard InChI is InChI=1S/C11H13F3OS/c1-15-5-6-16-8-9-3-2-4-10(7-9)11(12,13)14/h2-4,7H,5-6,8H2,1H3. The van der Waals surface area contributed by atoms with E-state index in [1.165, 1.54) is 12.1 Å². The quantitative estimate of drug-likeness (QED) is 0.739. The lowest BCUT2D eigenvalue weighted by molar-refractivity contribution is -0.137. The maximum absolute atomic E-state index is 12.4. The number of ether oxygens (including phenoxy) is 1. The lowest BCUT2D eigenvalue weighted by atomic mass is 10.1. The van der Waals surface area contributed by atoms with Crippen LogP contribution in [0.25, 0.3) is 0 Å². The summed E-state index contributed by atoms with van der Waals surface area (Å²) in [6, 6.07) is 5.42. The molecule has 1 nitrogen and oxygen atoms in total. The molecular formula is C11H13F3OS. The number of halogens is 3. The van der Waals surface area contributed by atoms with Gasteiger partial charge in [-0.2, -0.15) is 24.9 Å². The van der Waals surface area contributed by atoms with Crippen molar-refractivity contribution in [2.45, 2.75) is 11.9 Å². The predicted molar refractivity (Wildman–Crippen MR) is 59.5 cm³/mol. The van der Waals surface area contributed by atoms with E-state index in [1.807, 2.05) is 0 Å². The number of rotatable bonds is 5. The largest absolute Gasteiger partial charge is 0.416 e. The minimum atomic E-state index is -4.26. The fourth-order valence-electron chi connectivity index (χ4n) is 1.17. The van der Waals surface area contributed by atoms with Gasteiger partial charge in [0, 0.05) is 18.6 Å². The molecule has 0 amide bonds. The Balaban J connectivity index is 2.54. The molecule has 0 atom stereocenters. The van der Waals surface area contributed by atoms with E-state index >= 15 is 0 Å². The van der Waals surface area contributed by atoms with Crippen molar-refractivity contribution in [2.24, 2.45) is 0 Å². The lowest BCUT2D eigenvalue weighted by Gasteiger charge is -2.08. The molecule has 5 heteroatoms. The first-order chi connectivity index (χ1) is 7.54. The van der Waals surface area contributed by atoms with Gasteiger partial charge in [-0.15, -0.1) is 0 Å². The maximum Gasteiger partial charge on any atom is 0.416 e. The molecule has 1 aromatic rings. The Labute approximate surface area is 97.0 Å². The fraction of sp³-hybridized carbons (Fsp3) is 0.455. The van der Waals surface area contributed by atoms with Gasteiger partial charge in [0.05, 0.1) is 12.2 Å². The summed E-state index contributed by atoms with van der Waals surface area (Å²) < 4.78 is 42.0. The molecule has 0 heterocycles. The fourth-order valence-corrected chi connectivity index (χ4v) is 2.01. The van der Waals surface area contributed by atoms with Gasteiger partial charge in [-0.1, -0.05) is 18.2 Å². The summed E-state index contributed by atoms with van der Waals surface area (Å²) in [4.78, 5) is 0. The summed E-state index contributed by atoms with van der Waals surface area (Å²) in [7, 11) is 1.60. The van der Waals surface area contributed by atoms with Gasteiger partial charge in [-0.3, -0.25) is 0 Å². The van der Waals surface area contributed by atoms with Crippen LogP contribution in [0.3, 0.4) is 0 Å². The van der Waals surface area contributed by atoms with Crippen LogP contribution in [-0.4, -0.2) is 19.5 Å². The Hall–Kier alpha value is -0.680. The molecule has 0 saturated carbocycles. The second kappa shape index (κ2) is 6.15. The summed E-state index contributed by atoms with van der Waals surface area (Å²) >= 11 is 1.56. The van der Waals surface area contributed by atoms with Crippen LogP contribution < -0.4 is 0 Å². The highest BCUT2D eigenvalue weighted by Gasteiger charge is 2.30. The normalized spacial score (nSPS) is 11.8. The zero-order valence-corrected chi connectivity index (χ0v) is 9.70. The predicted octanol–water partition coefficient (Wildman–Crippen LogP) is 3.59. The number of benzene rings is 1. The van der Waals surface area contributed by atoms with Gasteiger partial charge in [-0.05, 0) is 11.6 Å². The molecule has 0 aromatic heterocycles. The van der Waals surface area contributed by atoms with E-state index in [1.54, 1.807) is 24.9 Å². The molecular weight excluding hydrogens is 237 g/mol. The Kier molecular flexibility index (Phi) is 5.15. The van der Waals surface area contributed by atoms with Crippen molar-refractivity contribution in [3.63, 3.8) is 0 Å². The van der Waals surface area contributed by atoms with E-state index in [2.05, 4.69) is 0 Å². The number of alkyl halides is 3. The summed E-state index contributed by atoms with van der Waals surface area (Å²) in [6.07, 6.45) is -4.26. The van der Waals surface area contributed by atoms with Crippen LogP contribution in [-0.2, 0) is 16.7 Å². The number of hydrogen-bond acceptors (Lipinski definition) is 2. The molecule has 16 heavy (non-hydrogen) atoms. The third kappa shape index (κ3) is 4.45. The van der Waals surface area contributed by atoms with Crippen LogP contribution in [0.4, 0.5) is 13.2 Å². The van der Waals surface area contributed by atoms with Gasteiger partial charge < -0.3 is 4.74 Å². The first kappa shape index (κ1) is 13.4. The minimum Gasteiger partial charge on any atom is -0.384 e. The molecule has 0 aliphatic heterocycles. The molecule has 0 fully saturated rings. The molecule has 0 bridgehead atoms. The molecule has 0 radical (unpaired) electrons. The van der Waals surface area contributed by atoms with Crippen LogP contribution in [0.2, 0.25) is 0 Å². The van der Waals surface area contributed by atoms with E-state index < -0.39 is 11.7 Å². The van der Waals surface area contributed by atoms with Crippen molar-refractivity contribution in [3.8, 4) is 0 Å². The second-order valence-electron chi connectivity index (χ2n) is 3.24. The van der Waals surface area contributed by atoms with E-state index in [0.29, 0.717) is 17.9 Å². The second-order valence-corrected chi connectivity index (χ2v) is 4.35. The van der Waals surface area contributed by atoms with Gasteiger partial charge in [0.25, 0.3) is 0 Å². The van der Waals surface area contributed by atoms with Gasteiger partial charge in [0.15, 0.2) is 0 Å². The van der Waals surface area contributed by atoms with Crippen LogP contribution in [0.15, 0.2) is 24.3 Å². The Morgan fingerprint density at radius 2 is 2.06 bits per heavy atom. The lowest BCUT2D eigenvalue weighted by Crippen LogP contribution is -2.05. The Bertz CT molecular complexity index is 325. The summed E-state index contributed by atoms with van der Waals surface area (Å²) in [5.41, 5.74) is 0.105. The minimum absolute atomic E-state index is 0.577. The topological polar surface area (TPSA) is 9.23 Å². The van der Waals surface area contributed by atoms with Crippen molar-refractivity contribution in [3.05, 3.63) is 35.4 Å². The molecule has 0 unspecified atom stereocenters. The third-order valence-electron chi connectivity index (χ3n) is 1.95. The SMILES string of the molecule is COCCSCc1cccc(C(F)(F)F)c1. The first-order valence-electron chi connectivity index (χ1n) is 4.77. The summed E-state index contributed by atoms with van der Waals surface area (Å²) in [5, 5.41) is 0. The molecule has 1 rings (SSSR count). The summed E-state index contributed by atoms with van der Waals surface area (Å²) in [5.74, 6) is 1.36. The molecule has 0 aliphatic rings. The van der Waals surface area contributed by atoms with Gasteiger partial charge >= 0.3 is 6.18 Å². The maximum atomic E-state index is 12.4. The summed E-state index contributed by atoms with van der Waals surface area (Å²) in [6.45, 7) is 0.615. The van der Waals surface area contributed by atoms with E-state index in [-0.39, 0.29) is 0 Å². The van der Waals surface area contributed by atoms with E-state index in [9.17, 15) is 13.2 Å². The number of thioether (sulfide) groups is 1. The average molecular weight is 250 g/mol. The zero-order chi connectivity index (χ0) is 12.0. The van der Waals surface area contributed by atoms with Crippen LogP contribution in [0.5, 0.6) is 0 Å². The first-order valence-corrected chi connectivity index (χ1v) is 5.92. The smallest absolute Gasteiger partial charge is 0.384 e. The van der Waals surface area contributed by atoms with Crippen molar-refractivity contribution in [2.75, 3.05) is 19.5 Å². The zero-order valence-electron chi connectivity index (χ0n) is 8.88. The molecule has 0 saturated heterocycles. The number of hydrogen-bond donors (Lipinski definition) is 0. The van der Waals surface area contributed by atoms with Crippen molar-refractivity contribution in [1.82, 2.24) is 0 Å². The monoisotopic (exact) mass is 250 g/mol. The van der Waals surface area contributed by atoms with Crippen LogP contribution in [0.1, 0.15) is 11.1 Å². The van der Waals surface area contributed by atoms with Gasteiger partial charge in [0.2, 0.25) is 0 Å². The van der Waals surface area contributed by atoms with Crippen LogP contribution in [0, 0.1) is 0 Å². The van der Waals surface area contributed by atoms with Crippen molar-refractivity contribution < 1.29 is 17.9 Å². The Morgan fingerprint density at radius 3 is 2.69 bits per heavy atom. The highest BCUT2D eigenvalue weighted by molar-refractivity contribution is 7.98. The molecule has 0 aliphatic carbocycles. The van der Waals surface area contributed by atoms with Crippen molar-refractivity contribution in [1.29, 1.82) is 0 Å². The van der Waals surface area contributed by atoms with Crippen molar-refractivity contribution >= 4 is 11.8 Å². The highest BCUT2D eigenvalue weighted by atomic mass is 32.2. The third-order valence-corrected chi connectivity index (χ3v) is 2.95. The molecule has 90 valence electrons. The Morgan fingerprint density at radius 1 is 1.31 bits per heavy atom. The van der Waals surface area contributed by atoms with Gasteiger partial charge in [-0.25, -0.2) is 0 Å². The van der Waals surface area contributed by atoms with Crippen LogP contribution >= 0.6 is 11.8 Å². The highest BCUT2D eigenvalue weighted by Crippen LogP contribution is 2.30.